The fourth-order valence-corrected chi connectivity index (χ4v) is 3.07. The molecule has 1 saturated heterocycles. The summed E-state index contributed by atoms with van der Waals surface area (Å²) < 4.78 is 13.5. The van der Waals surface area contributed by atoms with Crippen LogP contribution in [0.2, 0.25) is 0 Å². The van der Waals surface area contributed by atoms with Crippen molar-refractivity contribution >= 4 is 17.9 Å². The molecule has 0 radical (unpaired) electrons. The van der Waals surface area contributed by atoms with Crippen molar-refractivity contribution < 1.29 is 14.0 Å². The number of hydrogen-bond acceptors (Lipinski definition) is 4. The molecule has 1 aliphatic carbocycles. The number of carbonyl (C=O) groups is 2. The van der Waals surface area contributed by atoms with Crippen molar-refractivity contribution in [3.63, 3.8) is 0 Å². The average molecular weight is 410 g/mol. The second kappa shape index (κ2) is 18.1. The number of primary amides is 1. The summed E-state index contributed by atoms with van der Waals surface area (Å²) in [5, 5.41) is 0. The first-order valence-electron chi connectivity index (χ1n) is 10.9. The number of Topliss-reactive ketones (excluding diaryl/α,β-unsaturated/α-hetero) is 1. The maximum absolute atomic E-state index is 13.5. The predicted molar refractivity (Wildman–Crippen MR) is 120 cm³/mol. The molecule has 1 aromatic carbocycles. The molecule has 2 aliphatic rings. The molecular formula is C23H40FN3O2. The first-order chi connectivity index (χ1) is 14.0. The summed E-state index contributed by atoms with van der Waals surface area (Å²) >= 11 is 0. The van der Waals surface area contributed by atoms with Crippen LogP contribution < -0.4 is 10.6 Å². The summed E-state index contributed by atoms with van der Waals surface area (Å²) in [6, 6.07) is 7.02. The molecule has 0 aromatic heterocycles. The Labute approximate surface area is 176 Å². The Morgan fingerprint density at radius 3 is 1.76 bits per heavy atom. The summed E-state index contributed by atoms with van der Waals surface area (Å²) in [7, 11) is 0. The molecular weight excluding hydrogens is 369 g/mol. The Kier molecular flexibility index (Phi) is 16.9. The fourth-order valence-electron chi connectivity index (χ4n) is 3.07. The lowest BCUT2D eigenvalue weighted by Gasteiger charge is -2.35. The van der Waals surface area contributed by atoms with Gasteiger partial charge in [0.2, 0.25) is 6.41 Å². The van der Waals surface area contributed by atoms with Crippen LogP contribution in [0.4, 0.5) is 10.1 Å². The number of halogens is 1. The summed E-state index contributed by atoms with van der Waals surface area (Å²) in [6.45, 7) is 10.6. The van der Waals surface area contributed by atoms with E-state index < -0.39 is 0 Å². The molecule has 0 unspecified atom stereocenters. The Morgan fingerprint density at radius 1 is 1.00 bits per heavy atom. The third-order valence-corrected chi connectivity index (χ3v) is 5.01. The summed E-state index contributed by atoms with van der Waals surface area (Å²) in [4.78, 5) is 22.9. The van der Waals surface area contributed by atoms with Crippen molar-refractivity contribution in [3.8, 4) is 0 Å². The maximum Gasteiger partial charge on any atom is 0.204 e. The standard InChI is InChI=1S/C12H17FN2.C6H12.C4H8O.CH3NO/c1-2-14-7-9-15(10-8-14)12-6-4-3-5-11(12)13;1-2-4-6-5-3-1;1-3-4(2)5;2-1-3/h3-6H,2,7-10H2,1H3;1-6H2;3H2,1-2H3;1H,(H2,2,3). The molecule has 6 heteroatoms. The van der Waals surface area contributed by atoms with Gasteiger partial charge in [-0.05, 0) is 25.6 Å². The van der Waals surface area contributed by atoms with E-state index >= 15 is 0 Å². The summed E-state index contributed by atoms with van der Waals surface area (Å²) in [5.74, 6) is 0.146. The van der Waals surface area contributed by atoms with Crippen molar-refractivity contribution in [2.24, 2.45) is 5.73 Å². The molecule has 3 rings (SSSR count). The second-order valence-electron chi connectivity index (χ2n) is 7.19. The van der Waals surface area contributed by atoms with E-state index in [0.29, 0.717) is 6.42 Å². The third kappa shape index (κ3) is 13.8. The number of rotatable bonds is 3. The van der Waals surface area contributed by atoms with Gasteiger partial charge in [-0.1, -0.05) is 64.5 Å². The van der Waals surface area contributed by atoms with Crippen molar-refractivity contribution in [1.82, 2.24) is 4.90 Å². The number of amides is 1. The molecule has 5 nitrogen and oxygen atoms in total. The van der Waals surface area contributed by atoms with Gasteiger partial charge in [-0.2, -0.15) is 0 Å². The summed E-state index contributed by atoms with van der Waals surface area (Å²) in [5.41, 5.74) is 4.91. The van der Waals surface area contributed by atoms with Crippen LogP contribution in [-0.4, -0.2) is 49.8 Å². The van der Waals surface area contributed by atoms with Gasteiger partial charge >= 0.3 is 0 Å². The minimum absolute atomic E-state index is 0.109. The smallest absolute Gasteiger partial charge is 0.204 e. The number of hydrogen-bond donors (Lipinski definition) is 1. The first-order valence-corrected chi connectivity index (χ1v) is 10.9. The molecule has 2 fully saturated rings. The Balaban J connectivity index is 0.000000461. The van der Waals surface area contributed by atoms with Gasteiger partial charge in [0, 0.05) is 32.6 Å². The maximum atomic E-state index is 13.5. The number of likely N-dealkylation sites (N-methyl/N-ethyl adjacent to an activating group) is 1. The zero-order valence-corrected chi connectivity index (χ0v) is 18.5. The highest BCUT2D eigenvalue weighted by Gasteiger charge is 2.17. The van der Waals surface area contributed by atoms with Gasteiger partial charge in [0.05, 0.1) is 5.69 Å². The van der Waals surface area contributed by atoms with E-state index in [-0.39, 0.29) is 18.0 Å². The lowest BCUT2D eigenvalue weighted by Crippen LogP contribution is -2.46. The number of para-hydroxylation sites is 1. The van der Waals surface area contributed by atoms with Crippen LogP contribution in [0.5, 0.6) is 0 Å². The van der Waals surface area contributed by atoms with Gasteiger partial charge in [0.25, 0.3) is 0 Å². The Hall–Kier alpha value is -1.95. The fraction of sp³-hybridized carbons (Fsp3) is 0.652. The molecule has 1 aliphatic heterocycles. The quantitative estimate of drug-likeness (QED) is 0.752. The molecule has 0 spiro atoms. The normalized spacial score (nSPS) is 16.1. The largest absolute Gasteiger partial charge is 0.372 e. The van der Waals surface area contributed by atoms with E-state index in [2.05, 4.69) is 22.5 Å². The Bertz CT molecular complexity index is 531. The van der Waals surface area contributed by atoms with Crippen LogP contribution in [0, 0.1) is 5.82 Å². The van der Waals surface area contributed by atoms with E-state index in [0.717, 1.165) is 38.4 Å². The Morgan fingerprint density at radius 2 is 1.41 bits per heavy atom. The van der Waals surface area contributed by atoms with Crippen LogP contribution >= 0.6 is 0 Å². The van der Waals surface area contributed by atoms with E-state index in [1.54, 1.807) is 13.0 Å². The van der Waals surface area contributed by atoms with Crippen molar-refractivity contribution in [1.29, 1.82) is 0 Å². The SMILES string of the molecule is C1CCCCC1.CCC(C)=O.CCN1CCN(c2ccccc2F)CC1.NC=O. The molecule has 29 heavy (non-hydrogen) atoms. The van der Waals surface area contributed by atoms with Crippen LogP contribution in [0.25, 0.3) is 0 Å². The van der Waals surface area contributed by atoms with E-state index in [1.165, 1.54) is 44.6 Å². The van der Waals surface area contributed by atoms with Crippen LogP contribution in [0.1, 0.15) is 65.7 Å². The third-order valence-electron chi connectivity index (χ3n) is 5.01. The van der Waals surface area contributed by atoms with E-state index in [9.17, 15) is 9.18 Å². The number of nitrogens with two attached hydrogens (primary N) is 1. The van der Waals surface area contributed by atoms with Gasteiger partial charge in [0.15, 0.2) is 0 Å². The molecule has 166 valence electrons. The van der Waals surface area contributed by atoms with Gasteiger partial charge in [-0.3, -0.25) is 4.79 Å². The predicted octanol–water partition coefficient (Wildman–Crippen LogP) is 4.40. The van der Waals surface area contributed by atoms with E-state index in [4.69, 9.17) is 4.79 Å². The molecule has 2 N–H and O–H groups in total. The number of anilines is 1. The zero-order chi connectivity index (χ0) is 21.9. The van der Waals surface area contributed by atoms with E-state index in [1.807, 2.05) is 19.1 Å². The summed E-state index contributed by atoms with van der Waals surface area (Å²) in [6.07, 6.45) is 9.92. The highest BCUT2D eigenvalue weighted by molar-refractivity contribution is 5.74. The number of carbonyl (C=O) groups excluding carboxylic acids is 2. The van der Waals surface area contributed by atoms with Gasteiger partial charge < -0.3 is 20.3 Å². The van der Waals surface area contributed by atoms with Gasteiger partial charge in [-0.25, -0.2) is 4.39 Å². The molecule has 0 bridgehead atoms. The van der Waals surface area contributed by atoms with Crippen molar-refractivity contribution in [2.45, 2.75) is 65.7 Å². The van der Waals surface area contributed by atoms with Gasteiger partial charge in [-0.15, -0.1) is 0 Å². The van der Waals surface area contributed by atoms with Crippen LogP contribution in [-0.2, 0) is 9.59 Å². The molecule has 1 saturated carbocycles. The lowest BCUT2D eigenvalue weighted by molar-refractivity contribution is -0.116. The van der Waals surface area contributed by atoms with Crippen LogP contribution in [0.3, 0.4) is 0 Å². The zero-order valence-electron chi connectivity index (χ0n) is 18.5. The molecule has 0 atom stereocenters. The monoisotopic (exact) mass is 409 g/mol. The number of benzene rings is 1. The van der Waals surface area contributed by atoms with Crippen LogP contribution in [0.15, 0.2) is 24.3 Å². The topological polar surface area (TPSA) is 66.6 Å². The molecule has 1 aromatic rings. The molecule has 1 heterocycles. The average Bonchev–Trinajstić information content (AvgIpc) is 2.77. The minimum Gasteiger partial charge on any atom is -0.372 e. The lowest BCUT2D eigenvalue weighted by atomic mass is 10.0. The number of ketones is 1. The highest BCUT2D eigenvalue weighted by Crippen LogP contribution is 2.19. The van der Waals surface area contributed by atoms with Crippen molar-refractivity contribution in [2.75, 3.05) is 37.6 Å². The van der Waals surface area contributed by atoms with Crippen molar-refractivity contribution in [3.05, 3.63) is 30.1 Å². The van der Waals surface area contributed by atoms with Gasteiger partial charge in [0.1, 0.15) is 11.6 Å². The highest BCUT2D eigenvalue weighted by atomic mass is 19.1. The molecule has 1 amide bonds. The minimum atomic E-state index is -0.109. The first kappa shape index (κ1) is 27.0. The number of nitrogens with zero attached hydrogens (tertiary/aromatic N) is 2. The second-order valence-corrected chi connectivity index (χ2v) is 7.19. The number of piperazine rings is 1.